The molecule has 0 aromatic heterocycles. The van der Waals surface area contributed by atoms with Crippen LogP contribution in [-0.2, 0) is 4.79 Å². The second kappa shape index (κ2) is 94.4. The highest BCUT2D eigenvalue weighted by molar-refractivity contribution is 5.10. The maximum atomic E-state index is 8.00. The van der Waals surface area contributed by atoms with Crippen molar-refractivity contribution in [1.82, 2.24) is 0 Å². The minimum Gasteiger partial charge on any atom is -0.443 e. The Morgan fingerprint density at radius 2 is 1.56 bits per heavy atom. The van der Waals surface area contributed by atoms with Gasteiger partial charge < -0.3 is 15.0 Å². The van der Waals surface area contributed by atoms with E-state index >= 15 is 0 Å². The van der Waals surface area contributed by atoms with Gasteiger partial charge >= 0.3 is 0 Å². The largest absolute Gasteiger partial charge is 0.443 e. The number of carbonyl (C=O) groups is 1. The number of nitriles is 2. The van der Waals surface area contributed by atoms with Crippen LogP contribution in [-0.4, -0.2) is 23.6 Å². The van der Waals surface area contributed by atoms with Crippen molar-refractivity contribution in [2.45, 2.75) is 0 Å². The molecule has 9 heavy (non-hydrogen) atoms. The molecule has 5 heteroatoms. The summed E-state index contributed by atoms with van der Waals surface area (Å²) in [5.74, 6) is 0. The first-order valence-corrected chi connectivity index (χ1v) is 1.63. The highest BCUT2D eigenvalue weighted by Crippen LogP contribution is 1.34. The number of hydrogen-bond donors (Lipinski definition) is 2. The molecule has 0 aromatic rings. The molecule has 0 aliphatic carbocycles. The maximum Gasteiger partial charge on any atom is 0.283 e. The number of aliphatic hydroxyl groups excluding tert-OH is 2. The van der Waals surface area contributed by atoms with Gasteiger partial charge in [-0.25, -0.2) is 0 Å². The van der Waals surface area contributed by atoms with Crippen LogP contribution in [0.5, 0.6) is 0 Å². The van der Waals surface area contributed by atoms with Gasteiger partial charge in [0, 0.05) is 0 Å². The summed E-state index contributed by atoms with van der Waals surface area (Å²) < 4.78 is 0. The van der Waals surface area contributed by atoms with Gasteiger partial charge in [-0.1, -0.05) is 0 Å². The van der Waals surface area contributed by atoms with Crippen molar-refractivity contribution in [3.8, 4) is 12.3 Å². The van der Waals surface area contributed by atoms with Crippen molar-refractivity contribution in [2.75, 3.05) is 6.61 Å². The lowest BCUT2D eigenvalue weighted by Gasteiger charge is -1.50. The Balaban J connectivity index is -0.0000000646. The summed E-state index contributed by atoms with van der Waals surface area (Å²) in [6, 6.07) is 1.49. The van der Waals surface area contributed by atoms with Crippen LogP contribution in [0.1, 0.15) is 0 Å². The minimum absolute atomic E-state index is 0.375. The van der Waals surface area contributed by atoms with E-state index in [1.165, 1.54) is 6.07 Å². The van der Waals surface area contributed by atoms with Gasteiger partial charge in [-0.05, 0) is 0 Å². The standard InChI is InChI=1S/C2H3NO.CHNO.CH2O/c3-1-2-4;2-1-3;1-2/h4H,2H2;3H;1H2. The van der Waals surface area contributed by atoms with Crippen molar-refractivity contribution in [3.63, 3.8) is 0 Å². The van der Waals surface area contributed by atoms with Crippen molar-refractivity contribution in [1.29, 1.82) is 10.5 Å². The first-order chi connectivity index (χ1) is 4.33. The molecule has 0 bridgehead atoms. The van der Waals surface area contributed by atoms with E-state index in [9.17, 15) is 0 Å². The Labute approximate surface area is 52.4 Å². The smallest absolute Gasteiger partial charge is 0.283 e. The van der Waals surface area contributed by atoms with Crippen LogP contribution in [0.4, 0.5) is 0 Å². The number of nitrogens with zero attached hydrogens (tertiary/aromatic N) is 2. The molecule has 0 aliphatic rings. The monoisotopic (exact) mass is 130 g/mol. The molecule has 0 atom stereocenters. The Bertz CT molecular complexity index is 101. The van der Waals surface area contributed by atoms with E-state index in [0.29, 0.717) is 0 Å². The lowest BCUT2D eigenvalue weighted by molar-refractivity contribution is -0.0979. The zero-order valence-corrected chi connectivity index (χ0v) is 4.61. The van der Waals surface area contributed by atoms with E-state index in [-0.39, 0.29) is 6.61 Å². The molecule has 0 saturated carbocycles. The molecule has 0 fully saturated rings. The predicted octanol–water partition coefficient (Wildman–Crippen LogP) is -0.843. The third-order valence-electron chi connectivity index (χ3n) is 0.0707. The van der Waals surface area contributed by atoms with Crippen LogP contribution in [0.25, 0.3) is 0 Å². The molecule has 0 aliphatic heterocycles. The summed E-state index contributed by atoms with van der Waals surface area (Å²) >= 11 is 0. The summed E-state index contributed by atoms with van der Waals surface area (Å²) in [4.78, 5) is 8.00. The zero-order chi connectivity index (χ0) is 8.12. The third-order valence-corrected chi connectivity index (χ3v) is 0.0707. The second-order valence-electron chi connectivity index (χ2n) is 0.416. The summed E-state index contributed by atoms with van der Waals surface area (Å²) in [6.45, 7) is 1.62. The van der Waals surface area contributed by atoms with Crippen molar-refractivity contribution < 1.29 is 15.0 Å². The lowest BCUT2D eigenvalue weighted by Crippen LogP contribution is -1.64. The normalized spacial score (nSPS) is 3.44. The Kier molecular flexibility index (Phi) is 164. The quantitative estimate of drug-likeness (QED) is 0.328. The molecular formula is C4H6N2O3. The molecule has 0 rings (SSSR count). The van der Waals surface area contributed by atoms with Gasteiger partial charge in [0.05, 0.1) is 6.07 Å². The number of aliphatic hydroxyl groups is 2. The van der Waals surface area contributed by atoms with E-state index in [1.807, 2.05) is 6.79 Å². The molecule has 0 heterocycles. The SMILES string of the molecule is C=O.N#CCO.N#CO. The van der Waals surface area contributed by atoms with E-state index in [2.05, 4.69) is 0 Å². The molecule has 0 spiro atoms. The fourth-order valence-corrected chi connectivity index (χ4v) is 0. The summed E-state index contributed by atoms with van der Waals surface area (Å²) in [5.41, 5.74) is 0. The third kappa shape index (κ3) is 358. The van der Waals surface area contributed by atoms with Crippen LogP contribution in [0.2, 0.25) is 0 Å². The first kappa shape index (κ1) is 15.7. The van der Waals surface area contributed by atoms with Gasteiger partial charge in [-0.15, -0.1) is 0 Å². The minimum atomic E-state index is -0.375. The van der Waals surface area contributed by atoms with Crippen LogP contribution < -0.4 is 0 Å². The van der Waals surface area contributed by atoms with Crippen LogP contribution in [0.3, 0.4) is 0 Å². The summed E-state index contributed by atoms with van der Waals surface area (Å²) in [7, 11) is 0. The Morgan fingerprint density at radius 1 is 1.44 bits per heavy atom. The second-order valence-corrected chi connectivity index (χ2v) is 0.416. The van der Waals surface area contributed by atoms with Gasteiger partial charge in [0.25, 0.3) is 6.26 Å². The highest BCUT2D eigenvalue weighted by atomic mass is 16.3. The molecule has 2 N–H and O–H groups in total. The summed E-state index contributed by atoms with van der Waals surface area (Å²) in [6.07, 6.45) is 0.750. The number of hydrogen-bond acceptors (Lipinski definition) is 5. The molecule has 0 saturated heterocycles. The van der Waals surface area contributed by atoms with Gasteiger partial charge in [0.1, 0.15) is 13.4 Å². The molecule has 50 valence electrons. The van der Waals surface area contributed by atoms with Crippen molar-refractivity contribution in [2.24, 2.45) is 0 Å². The van der Waals surface area contributed by atoms with Gasteiger partial charge in [-0.3, -0.25) is 0 Å². The molecule has 0 unspecified atom stereocenters. The average molecular weight is 130 g/mol. The maximum absolute atomic E-state index is 8.00. The van der Waals surface area contributed by atoms with E-state index in [0.717, 1.165) is 6.26 Å². The van der Waals surface area contributed by atoms with Gasteiger partial charge in [0.2, 0.25) is 0 Å². The van der Waals surface area contributed by atoms with Crippen molar-refractivity contribution >= 4 is 6.79 Å². The highest BCUT2D eigenvalue weighted by Gasteiger charge is 1.49. The topological polar surface area (TPSA) is 105 Å². The van der Waals surface area contributed by atoms with Crippen molar-refractivity contribution in [3.05, 3.63) is 0 Å². The first-order valence-electron chi connectivity index (χ1n) is 1.63. The van der Waals surface area contributed by atoms with Crippen LogP contribution in [0.15, 0.2) is 0 Å². The predicted molar refractivity (Wildman–Crippen MR) is 27.4 cm³/mol. The number of rotatable bonds is 0. The molecule has 0 radical (unpaired) electrons. The summed E-state index contributed by atoms with van der Waals surface area (Å²) in [5, 5.41) is 28.6. The molecule has 0 aromatic carbocycles. The average Bonchev–Trinajstić information content (AvgIpc) is 1.94. The van der Waals surface area contributed by atoms with Crippen LogP contribution >= 0.6 is 0 Å². The number of carbonyl (C=O) groups excluding carboxylic acids is 1. The van der Waals surface area contributed by atoms with Gasteiger partial charge in [0.15, 0.2) is 0 Å². The molecule has 0 amide bonds. The van der Waals surface area contributed by atoms with Crippen LogP contribution in [0, 0.1) is 22.8 Å². The van der Waals surface area contributed by atoms with E-state index in [1.54, 1.807) is 0 Å². The Morgan fingerprint density at radius 3 is 1.56 bits per heavy atom. The zero-order valence-electron chi connectivity index (χ0n) is 4.61. The van der Waals surface area contributed by atoms with E-state index in [4.69, 9.17) is 25.5 Å². The van der Waals surface area contributed by atoms with Gasteiger partial charge in [-0.2, -0.15) is 10.5 Å². The molecular weight excluding hydrogens is 124 g/mol. The lowest BCUT2D eigenvalue weighted by atomic mass is 10.9. The Hall–Kier alpha value is -1.59. The molecule has 5 nitrogen and oxygen atoms in total. The fourth-order valence-electron chi connectivity index (χ4n) is 0. The fraction of sp³-hybridized carbons (Fsp3) is 0.250. The van der Waals surface area contributed by atoms with E-state index < -0.39 is 0 Å².